The first-order valence-corrected chi connectivity index (χ1v) is 7.88. The number of fused-ring (bicyclic) bond motifs is 1. The van der Waals surface area contributed by atoms with Crippen molar-refractivity contribution in [1.29, 1.82) is 0 Å². The Kier molecular flexibility index (Phi) is 4.12. The molecule has 22 heavy (non-hydrogen) atoms. The molecule has 0 aliphatic heterocycles. The zero-order valence-corrected chi connectivity index (χ0v) is 13.1. The molecule has 1 heterocycles. The van der Waals surface area contributed by atoms with Gasteiger partial charge >= 0.3 is 0 Å². The highest BCUT2D eigenvalue weighted by atomic mass is 16.3. The van der Waals surface area contributed by atoms with Crippen molar-refractivity contribution in [3.05, 3.63) is 41.1 Å². The predicted molar refractivity (Wildman–Crippen MR) is 86.9 cm³/mol. The molecule has 2 N–H and O–H groups in total. The molecule has 1 fully saturated rings. The first-order valence-electron chi connectivity index (χ1n) is 7.88. The van der Waals surface area contributed by atoms with E-state index in [2.05, 4.69) is 16.4 Å². The molecular weight excluding hydrogens is 276 g/mol. The number of aliphatic hydroxyl groups excluding tert-OH is 1. The van der Waals surface area contributed by atoms with Crippen molar-refractivity contribution in [2.75, 3.05) is 6.54 Å². The van der Waals surface area contributed by atoms with Gasteiger partial charge in [-0.1, -0.05) is 6.42 Å². The summed E-state index contributed by atoms with van der Waals surface area (Å²) in [7, 11) is 0. The van der Waals surface area contributed by atoms with Gasteiger partial charge in [-0.3, -0.25) is 9.78 Å². The fraction of sp³-hybridized carbons (Fsp3) is 0.444. The third kappa shape index (κ3) is 2.83. The molecule has 0 radical (unpaired) electrons. The molecule has 1 amide bonds. The standard InChI is InChI=1S/C18H22N2O2/c1-11-8-14-12(2)6-7-19-17(14)15(9-11)18(22)20-10-13-4-3-5-16(13)21/h6-9,13,16,21H,3-5,10H2,1-2H3,(H,20,22). The van der Waals surface area contributed by atoms with Gasteiger partial charge in [0, 0.05) is 24.0 Å². The largest absolute Gasteiger partial charge is 0.393 e. The lowest BCUT2D eigenvalue weighted by Gasteiger charge is -2.16. The number of aliphatic hydroxyl groups is 1. The van der Waals surface area contributed by atoms with Crippen LogP contribution in [0.3, 0.4) is 0 Å². The molecular formula is C18H22N2O2. The van der Waals surface area contributed by atoms with Crippen molar-refractivity contribution >= 4 is 16.8 Å². The molecule has 1 aliphatic carbocycles. The van der Waals surface area contributed by atoms with Gasteiger partial charge < -0.3 is 10.4 Å². The number of nitrogens with zero attached hydrogens (tertiary/aromatic N) is 1. The van der Waals surface area contributed by atoms with Gasteiger partial charge in [-0.15, -0.1) is 0 Å². The summed E-state index contributed by atoms with van der Waals surface area (Å²) in [6.07, 6.45) is 4.32. The maximum atomic E-state index is 12.6. The summed E-state index contributed by atoms with van der Waals surface area (Å²) in [5.74, 6) is 0.0700. The lowest BCUT2D eigenvalue weighted by molar-refractivity contribution is 0.0918. The Balaban J connectivity index is 1.86. The van der Waals surface area contributed by atoms with Gasteiger partial charge in [0.1, 0.15) is 0 Å². The van der Waals surface area contributed by atoms with E-state index >= 15 is 0 Å². The minimum Gasteiger partial charge on any atom is -0.393 e. The smallest absolute Gasteiger partial charge is 0.253 e. The van der Waals surface area contributed by atoms with Gasteiger partial charge in [-0.25, -0.2) is 0 Å². The van der Waals surface area contributed by atoms with Crippen LogP contribution >= 0.6 is 0 Å². The molecule has 4 nitrogen and oxygen atoms in total. The lowest BCUT2D eigenvalue weighted by Crippen LogP contribution is -2.32. The molecule has 2 atom stereocenters. The Bertz CT molecular complexity index is 712. The second kappa shape index (κ2) is 6.05. The van der Waals surface area contributed by atoms with Crippen LogP contribution in [0.1, 0.15) is 40.7 Å². The Morgan fingerprint density at radius 1 is 1.36 bits per heavy atom. The summed E-state index contributed by atoms with van der Waals surface area (Å²) in [6.45, 7) is 4.55. The maximum Gasteiger partial charge on any atom is 0.253 e. The minimum atomic E-state index is -0.282. The molecule has 3 rings (SSSR count). The number of amides is 1. The van der Waals surface area contributed by atoms with E-state index in [1.54, 1.807) is 6.20 Å². The van der Waals surface area contributed by atoms with E-state index < -0.39 is 0 Å². The van der Waals surface area contributed by atoms with E-state index in [9.17, 15) is 9.90 Å². The highest BCUT2D eigenvalue weighted by Crippen LogP contribution is 2.25. The summed E-state index contributed by atoms with van der Waals surface area (Å²) in [5, 5.41) is 13.9. The first kappa shape index (κ1) is 15.0. The number of hydrogen-bond donors (Lipinski definition) is 2. The normalized spacial score (nSPS) is 21.2. The molecule has 4 heteroatoms. The number of pyridine rings is 1. The Labute approximate surface area is 130 Å². The third-order valence-corrected chi connectivity index (χ3v) is 4.60. The number of carbonyl (C=O) groups excluding carboxylic acids is 1. The number of rotatable bonds is 3. The fourth-order valence-electron chi connectivity index (χ4n) is 3.28. The molecule has 2 aromatic rings. The SMILES string of the molecule is Cc1cc(C(=O)NCC2CCCC2O)c2nccc(C)c2c1. The van der Waals surface area contributed by atoms with Crippen LogP contribution in [0.4, 0.5) is 0 Å². The summed E-state index contributed by atoms with van der Waals surface area (Å²) in [6, 6.07) is 5.91. The molecule has 116 valence electrons. The highest BCUT2D eigenvalue weighted by Gasteiger charge is 2.25. The van der Waals surface area contributed by atoms with E-state index in [4.69, 9.17) is 0 Å². The average Bonchev–Trinajstić information content (AvgIpc) is 2.90. The van der Waals surface area contributed by atoms with Gasteiger partial charge in [0.15, 0.2) is 0 Å². The highest BCUT2D eigenvalue weighted by molar-refractivity contribution is 6.06. The topological polar surface area (TPSA) is 62.2 Å². The molecule has 0 bridgehead atoms. The summed E-state index contributed by atoms with van der Waals surface area (Å²) < 4.78 is 0. The molecule has 1 aromatic heterocycles. The van der Waals surface area contributed by atoms with Crippen molar-refractivity contribution in [3.63, 3.8) is 0 Å². The van der Waals surface area contributed by atoms with Gasteiger partial charge in [0.05, 0.1) is 17.2 Å². The van der Waals surface area contributed by atoms with E-state index in [-0.39, 0.29) is 17.9 Å². The summed E-state index contributed by atoms with van der Waals surface area (Å²) in [4.78, 5) is 16.9. The van der Waals surface area contributed by atoms with Crippen LogP contribution in [0.2, 0.25) is 0 Å². The molecule has 0 saturated heterocycles. The van der Waals surface area contributed by atoms with Crippen LogP contribution in [0, 0.1) is 19.8 Å². The first-order chi connectivity index (χ1) is 10.6. The lowest BCUT2D eigenvalue weighted by atomic mass is 10.0. The zero-order valence-electron chi connectivity index (χ0n) is 13.1. The Hall–Kier alpha value is -1.94. The van der Waals surface area contributed by atoms with Crippen LogP contribution in [0.25, 0.3) is 10.9 Å². The Morgan fingerprint density at radius 3 is 2.91 bits per heavy atom. The summed E-state index contributed by atoms with van der Waals surface area (Å²) >= 11 is 0. The number of nitrogens with one attached hydrogen (secondary N) is 1. The second-order valence-electron chi connectivity index (χ2n) is 6.30. The van der Waals surface area contributed by atoms with Crippen molar-refractivity contribution in [2.45, 2.75) is 39.2 Å². The van der Waals surface area contributed by atoms with Crippen molar-refractivity contribution in [1.82, 2.24) is 10.3 Å². The van der Waals surface area contributed by atoms with Crippen LogP contribution in [0.15, 0.2) is 24.4 Å². The molecule has 1 aliphatic rings. The van der Waals surface area contributed by atoms with E-state index in [0.29, 0.717) is 12.1 Å². The van der Waals surface area contributed by atoms with Crippen LogP contribution in [0.5, 0.6) is 0 Å². The second-order valence-corrected chi connectivity index (χ2v) is 6.30. The predicted octanol–water partition coefficient (Wildman–Crippen LogP) is 2.74. The van der Waals surface area contributed by atoms with E-state index in [1.807, 2.05) is 26.0 Å². The summed E-state index contributed by atoms with van der Waals surface area (Å²) in [5.41, 5.74) is 3.53. The van der Waals surface area contributed by atoms with Gasteiger partial charge in [-0.2, -0.15) is 0 Å². The minimum absolute atomic E-state index is 0.106. The van der Waals surface area contributed by atoms with Gasteiger partial charge in [0.2, 0.25) is 0 Å². The zero-order chi connectivity index (χ0) is 15.7. The van der Waals surface area contributed by atoms with E-state index in [0.717, 1.165) is 41.3 Å². The monoisotopic (exact) mass is 298 g/mol. The van der Waals surface area contributed by atoms with Crippen molar-refractivity contribution in [2.24, 2.45) is 5.92 Å². The van der Waals surface area contributed by atoms with Crippen molar-refractivity contribution < 1.29 is 9.90 Å². The van der Waals surface area contributed by atoms with E-state index in [1.165, 1.54) is 0 Å². The van der Waals surface area contributed by atoms with Crippen LogP contribution in [-0.2, 0) is 0 Å². The van der Waals surface area contributed by atoms with Crippen molar-refractivity contribution in [3.8, 4) is 0 Å². The number of aryl methyl sites for hydroxylation is 2. The molecule has 2 unspecified atom stereocenters. The number of benzene rings is 1. The maximum absolute atomic E-state index is 12.6. The van der Waals surface area contributed by atoms with Crippen LogP contribution in [-0.4, -0.2) is 28.6 Å². The third-order valence-electron chi connectivity index (χ3n) is 4.60. The quantitative estimate of drug-likeness (QED) is 0.916. The molecule has 1 aromatic carbocycles. The van der Waals surface area contributed by atoms with Gasteiger partial charge in [-0.05, 0) is 56.0 Å². The van der Waals surface area contributed by atoms with Gasteiger partial charge in [0.25, 0.3) is 5.91 Å². The fourth-order valence-corrected chi connectivity index (χ4v) is 3.28. The average molecular weight is 298 g/mol. The number of aromatic nitrogens is 1. The number of hydrogen-bond acceptors (Lipinski definition) is 3. The Morgan fingerprint density at radius 2 is 2.18 bits per heavy atom. The van der Waals surface area contributed by atoms with Crippen LogP contribution < -0.4 is 5.32 Å². The molecule has 0 spiro atoms. The molecule has 1 saturated carbocycles. The number of carbonyl (C=O) groups is 1.